The van der Waals surface area contributed by atoms with Gasteiger partial charge in [-0.05, 0) is 12.1 Å². The molecule has 2 N–H and O–H groups in total. The van der Waals surface area contributed by atoms with Crippen LogP contribution in [0.1, 0.15) is 0 Å². The second-order valence-corrected chi connectivity index (χ2v) is 4.92. The van der Waals surface area contributed by atoms with Crippen molar-refractivity contribution in [1.29, 1.82) is 5.26 Å². The Morgan fingerprint density at radius 2 is 2.09 bits per heavy atom. The van der Waals surface area contributed by atoms with Crippen LogP contribution in [0.5, 0.6) is 11.5 Å². The van der Waals surface area contributed by atoms with Crippen LogP contribution < -0.4 is 20.1 Å². The highest BCUT2D eigenvalue weighted by atomic mass is 16.5. The minimum atomic E-state index is -0.275. The van der Waals surface area contributed by atoms with Gasteiger partial charge >= 0.3 is 0 Å². The summed E-state index contributed by atoms with van der Waals surface area (Å²) in [6, 6.07) is 7.20. The van der Waals surface area contributed by atoms with Crippen LogP contribution in [0.15, 0.2) is 30.0 Å². The lowest BCUT2D eigenvalue weighted by Gasteiger charge is -2.27. The fraction of sp³-hybridized carbons (Fsp3) is 0.375. The van der Waals surface area contributed by atoms with Crippen molar-refractivity contribution in [2.45, 2.75) is 0 Å². The zero-order chi connectivity index (χ0) is 16.7. The number of carbonyl (C=O) groups excluding carboxylic acids is 1. The number of rotatable bonds is 5. The number of carbonyl (C=O) groups is 1. The summed E-state index contributed by atoms with van der Waals surface area (Å²) in [4.78, 5) is 14.0. The molecule has 1 aliphatic heterocycles. The SMILES string of the molecule is COc1ccc(OC)c(N/C=C(/C#N)C(=O)N2CCNCC2)c1. The lowest BCUT2D eigenvalue weighted by Crippen LogP contribution is -2.46. The van der Waals surface area contributed by atoms with Gasteiger partial charge in [-0.15, -0.1) is 0 Å². The zero-order valence-electron chi connectivity index (χ0n) is 13.3. The summed E-state index contributed by atoms with van der Waals surface area (Å²) < 4.78 is 10.4. The Hall–Kier alpha value is -2.72. The Kier molecular flexibility index (Phi) is 5.83. The van der Waals surface area contributed by atoms with Gasteiger partial charge in [0.2, 0.25) is 0 Å². The van der Waals surface area contributed by atoms with Crippen molar-refractivity contribution in [3.05, 3.63) is 30.0 Å². The molecule has 0 radical (unpaired) electrons. The maximum absolute atomic E-state index is 12.3. The number of anilines is 1. The van der Waals surface area contributed by atoms with E-state index < -0.39 is 0 Å². The van der Waals surface area contributed by atoms with E-state index in [1.807, 2.05) is 6.07 Å². The number of hydrogen-bond donors (Lipinski definition) is 2. The summed E-state index contributed by atoms with van der Waals surface area (Å²) in [5, 5.41) is 15.4. The molecule has 1 heterocycles. The van der Waals surface area contributed by atoms with Crippen molar-refractivity contribution in [2.75, 3.05) is 45.7 Å². The quantitative estimate of drug-likeness (QED) is 0.621. The molecule has 7 heteroatoms. The molecule has 0 aromatic heterocycles. The monoisotopic (exact) mass is 316 g/mol. The summed E-state index contributed by atoms with van der Waals surface area (Å²) >= 11 is 0. The van der Waals surface area contributed by atoms with Crippen LogP contribution >= 0.6 is 0 Å². The van der Waals surface area contributed by atoms with Crippen LogP contribution in [0, 0.1) is 11.3 Å². The number of methoxy groups -OCH3 is 2. The summed E-state index contributed by atoms with van der Waals surface area (Å²) in [7, 11) is 3.11. The summed E-state index contributed by atoms with van der Waals surface area (Å²) in [5.41, 5.74) is 0.671. The van der Waals surface area contributed by atoms with E-state index in [2.05, 4.69) is 10.6 Å². The molecule has 23 heavy (non-hydrogen) atoms. The second kappa shape index (κ2) is 8.06. The molecule has 0 unspecified atom stereocenters. The van der Waals surface area contributed by atoms with Gasteiger partial charge in [-0.25, -0.2) is 0 Å². The molecule has 1 fully saturated rings. The molecular formula is C16H20N4O3. The molecule has 2 rings (SSSR count). The van der Waals surface area contributed by atoms with E-state index in [0.29, 0.717) is 30.3 Å². The summed E-state index contributed by atoms with van der Waals surface area (Å²) in [6.45, 7) is 2.67. The molecule has 0 spiro atoms. The van der Waals surface area contributed by atoms with E-state index in [9.17, 15) is 10.1 Å². The maximum Gasteiger partial charge on any atom is 0.266 e. The van der Waals surface area contributed by atoms with Gasteiger partial charge in [0.05, 0.1) is 19.9 Å². The Morgan fingerprint density at radius 3 is 2.70 bits per heavy atom. The second-order valence-electron chi connectivity index (χ2n) is 4.92. The van der Waals surface area contributed by atoms with Gasteiger partial charge in [-0.3, -0.25) is 4.79 Å². The van der Waals surface area contributed by atoms with E-state index in [0.717, 1.165) is 13.1 Å². The fourth-order valence-electron chi connectivity index (χ4n) is 2.26. The number of nitriles is 1. The van der Waals surface area contributed by atoms with Crippen LogP contribution in [0.4, 0.5) is 5.69 Å². The molecule has 7 nitrogen and oxygen atoms in total. The largest absolute Gasteiger partial charge is 0.497 e. The minimum Gasteiger partial charge on any atom is -0.497 e. The molecule has 1 aromatic rings. The number of hydrogen-bond acceptors (Lipinski definition) is 6. The first-order valence-corrected chi connectivity index (χ1v) is 7.28. The molecular weight excluding hydrogens is 296 g/mol. The van der Waals surface area contributed by atoms with E-state index in [1.165, 1.54) is 6.20 Å². The van der Waals surface area contributed by atoms with Gasteiger partial charge in [0, 0.05) is 38.4 Å². The highest BCUT2D eigenvalue weighted by molar-refractivity contribution is 5.97. The predicted molar refractivity (Wildman–Crippen MR) is 86.3 cm³/mol. The van der Waals surface area contributed by atoms with Gasteiger partial charge in [0.1, 0.15) is 23.1 Å². The highest BCUT2D eigenvalue weighted by Gasteiger charge is 2.20. The third kappa shape index (κ3) is 4.14. The van der Waals surface area contributed by atoms with Crippen molar-refractivity contribution in [1.82, 2.24) is 10.2 Å². The first-order chi connectivity index (χ1) is 11.2. The van der Waals surface area contributed by atoms with Crippen LogP contribution in [0.25, 0.3) is 0 Å². The van der Waals surface area contributed by atoms with E-state index in [1.54, 1.807) is 37.3 Å². The molecule has 0 bridgehead atoms. The van der Waals surface area contributed by atoms with Crippen LogP contribution in [0.2, 0.25) is 0 Å². The number of benzene rings is 1. The average molecular weight is 316 g/mol. The molecule has 1 saturated heterocycles. The fourth-order valence-corrected chi connectivity index (χ4v) is 2.26. The average Bonchev–Trinajstić information content (AvgIpc) is 2.62. The maximum atomic E-state index is 12.3. The molecule has 0 atom stereocenters. The van der Waals surface area contributed by atoms with Crippen LogP contribution in [0.3, 0.4) is 0 Å². The Balaban J connectivity index is 2.16. The molecule has 1 aliphatic rings. The lowest BCUT2D eigenvalue weighted by atomic mass is 10.2. The molecule has 0 saturated carbocycles. The van der Waals surface area contributed by atoms with Gasteiger partial charge in [0.15, 0.2) is 0 Å². The van der Waals surface area contributed by atoms with Gasteiger partial charge in [-0.1, -0.05) is 0 Å². The Bertz CT molecular complexity index is 631. The van der Waals surface area contributed by atoms with Crippen LogP contribution in [-0.2, 0) is 4.79 Å². The lowest BCUT2D eigenvalue weighted by molar-refractivity contribution is -0.127. The number of ether oxygens (including phenoxy) is 2. The first kappa shape index (κ1) is 16.6. The minimum absolute atomic E-state index is 0.0526. The molecule has 0 aliphatic carbocycles. The van der Waals surface area contributed by atoms with Crippen molar-refractivity contribution in [3.8, 4) is 17.6 Å². The topological polar surface area (TPSA) is 86.6 Å². The number of nitrogens with zero attached hydrogens (tertiary/aromatic N) is 2. The van der Waals surface area contributed by atoms with Crippen molar-refractivity contribution < 1.29 is 14.3 Å². The first-order valence-electron chi connectivity index (χ1n) is 7.28. The van der Waals surface area contributed by atoms with Crippen molar-refractivity contribution in [3.63, 3.8) is 0 Å². The number of amides is 1. The van der Waals surface area contributed by atoms with Crippen molar-refractivity contribution >= 4 is 11.6 Å². The normalized spacial score (nSPS) is 14.8. The zero-order valence-corrected chi connectivity index (χ0v) is 13.3. The smallest absolute Gasteiger partial charge is 0.266 e. The molecule has 1 aromatic carbocycles. The number of piperazine rings is 1. The standard InChI is InChI=1S/C16H20N4O3/c1-22-13-3-4-15(23-2)14(9-13)19-11-12(10-17)16(21)20-7-5-18-6-8-20/h3-4,9,11,18-19H,5-8H2,1-2H3/b12-11-. The highest BCUT2D eigenvalue weighted by Crippen LogP contribution is 2.29. The predicted octanol–water partition coefficient (Wildman–Crippen LogP) is 0.955. The third-order valence-electron chi connectivity index (χ3n) is 3.53. The van der Waals surface area contributed by atoms with Gasteiger partial charge < -0.3 is 25.0 Å². The van der Waals surface area contributed by atoms with Gasteiger partial charge in [-0.2, -0.15) is 5.26 Å². The van der Waals surface area contributed by atoms with Gasteiger partial charge in [0.25, 0.3) is 5.91 Å². The number of nitrogens with one attached hydrogen (secondary N) is 2. The van der Waals surface area contributed by atoms with Crippen LogP contribution in [-0.4, -0.2) is 51.2 Å². The molecule has 1 amide bonds. The summed E-state index contributed by atoms with van der Waals surface area (Å²) in [6.07, 6.45) is 1.40. The molecule has 122 valence electrons. The van der Waals surface area contributed by atoms with Crippen molar-refractivity contribution in [2.24, 2.45) is 0 Å². The Labute approximate surface area is 135 Å². The van der Waals surface area contributed by atoms with E-state index >= 15 is 0 Å². The third-order valence-corrected chi connectivity index (χ3v) is 3.53. The van der Waals surface area contributed by atoms with E-state index in [4.69, 9.17) is 9.47 Å². The summed E-state index contributed by atoms with van der Waals surface area (Å²) in [5.74, 6) is 0.964. The van der Waals surface area contributed by atoms with E-state index in [-0.39, 0.29) is 11.5 Å². The Morgan fingerprint density at radius 1 is 1.35 bits per heavy atom.